The van der Waals surface area contributed by atoms with Crippen molar-refractivity contribution in [3.63, 3.8) is 0 Å². The van der Waals surface area contributed by atoms with Gasteiger partial charge in [-0.3, -0.25) is 0 Å². The number of methoxy groups -OCH3 is 3. The number of ether oxygens (including phenoxy) is 3. The number of halogens is 1. The first-order valence-corrected chi connectivity index (χ1v) is 11.5. The zero-order valence-electron chi connectivity index (χ0n) is 20.0. The zero-order chi connectivity index (χ0) is 24.1. The lowest BCUT2D eigenvalue weighted by Crippen LogP contribution is -2.44. The summed E-state index contributed by atoms with van der Waals surface area (Å²) in [7, 11) is 6.93. The van der Waals surface area contributed by atoms with E-state index < -0.39 is 0 Å². The quantitative estimate of drug-likeness (QED) is 0.510. The van der Waals surface area contributed by atoms with Crippen molar-refractivity contribution in [1.29, 1.82) is 0 Å². The third kappa shape index (κ3) is 5.46. The van der Waals surface area contributed by atoms with Crippen molar-refractivity contribution in [2.24, 2.45) is 0 Å². The predicted octanol–water partition coefficient (Wildman–Crippen LogP) is 4.24. The lowest BCUT2D eigenvalue weighted by molar-refractivity contribution is 0.313. The highest BCUT2D eigenvalue weighted by molar-refractivity contribution is 6.31. The Balaban J connectivity index is 1.49. The average molecular weight is 484 g/mol. The first-order chi connectivity index (χ1) is 16.5. The molecule has 34 heavy (non-hydrogen) atoms. The van der Waals surface area contributed by atoms with Gasteiger partial charge in [-0.2, -0.15) is 0 Å². The highest BCUT2D eigenvalue weighted by Crippen LogP contribution is 2.39. The Kier molecular flexibility index (Phi) is 7.59. The Bertz CT molecular complexity index is 1090. The molecule has 4 rings (SSSR count). The second-order valence-electron chi connectivity index (χ2n) is 8.16. The van der Waals surface area contributed by atoms with Gasteiger partial charge >= 0.3 is 0 Å². The summed E-state index contributed by atoms with van der Waals surface area (Å²) in [6, 6.07) is 12.1. The van der Waals surface area contributed by atoms with Crippen molar-refractivity contribution < 1.29 is 14.2 Å². The maximum atomic E-state index is 6.42. The molecular formula is C25H30ClN5O3. The molecule has 0 spiro atoms. The summed E-state index contributed by atoms with van der Waals surface area (Å²) >= 11 is 6.42. The number of benzene rings is 2. The van der Waals surface area contributed by atoms with Gasteiger partial charge in [0.05, 0.1) is 38.2 Å². The molecule has 1 aliphatic rings. The van der Waals surface area contributed by atoms with Crippen LogP contribution in [0.2, 0.25) is 5.02 Å². The maximum absolute atomic E-state index is 6.42. The predicted molar refractivity (Wildman–Crippen MR) is 135 cm³/mol. The molecule has 1 fully saturated rings. The molecule has 8 nitrogen and oxygen atoms in total. The number of piperazine rings is 1. The molecule has 0 unspecified atom stereocenters. The Morgan fingerprint density at radius 1 is 0.941 bits per heavy atom. The zero-order valence-corrected chi connectivity index (χ0v) is 20.7. The third-order valence-electron chi connectivity index (χ3n) is 5.90. The van der Waals surface area contributed by atoms with Gasteiger partial charge in [0, 0.05) is 44.0 Å². The standard InChI is InChI=1S/C25H30ClN5O3/c1-30-9-11-31(12-10-30)19-7-5-18(6-8-19)28-25-27-16-20(26)21(29-25)13-17-14-22(32-2)24(34-4)23(15-17)33-3/h5-8,14-16H,9-13H2,1-4H3,(H,27,28,29). The third-order valence-corrected chi connectivity index (χ3v) is 6.22. The molecule has 1 saturated heterocycles. The molecule has 0 aliphatic carbocycles. The van der Waals surface area contributed by atoms with E-state index in [1.165, 1.54) is 5.69 Å². The fourth-order valence-corrected chi connectivity index (χ4v) is 4.12. The summed E-state index contributed by atoms with van der Waals surface area (Å²) in [5.74, 6) is 2.20. The normalized spacial score (nSPS) is 14.1. The molecule has 0 radical (unpaired) electrons. The number of nitrogens with one attached hydrogen (secondary N) is 1. The largest absolute Gasteiger partial charge is 0.493 e. The molecule has 1 aliphatic heterocycles. The maximum Gasteiger partial charge on any atom is 0.227 e. The van der Waals surface area contributed by atoms with Crippen molar-refractivity contribution in [1.82, 2.24) is 14.9 Å². The van der Waals surface area contributed by atoms with Crippen LogP contribution in [0.4, 0.5) is 17.3 Å². The molecule has 0 atom stereocenters. The molecular weight excluding hydrogens is 454 g/mol. The Morgan fingerprint density at radius 3 is 2.18 bits per heavy atom. The summed E-state index contributed by atoms with van der Waals surface area (Å²) < 4.78 is 16.3. The van der Waals surface area contributed by atoms with Gasteiger partial charge in [0.25, 0.3) is 0 Å². The smallest absolute Gasteiger partial charge is 0.227 e. The van der Waals surface area contributed by atoms with Crippen LogP contribution in [0, 0.1) is 0 Å². The minimum absolute atomic E-state index is 0.481. The topological polar surface area (TPSA) is 72.0 Å². The second kappa shape index (κ2) is 10.8. The number of anilines is 3. The van der Waals surface area contributed by atoms with Gasteiger partial charge in [-0.05, 0) is 49.0 Å². The Labute approximate surface area is 205 Å². The van der Waals surface area contributed by atoms with Crippen LogP contribution in [-0.2, 0) is 6.42 Å². The van der Waals surface area contributed by atoms with E-state index in [1.807, 2.05) is 24.3 Å². The number of rotatable bonds is 8. The highest BCUT2D eigenvalue weighted by atomic mass is 35.5. The summed E-state index contributed by atoms with van der Waals surface area (Å²) in [6.07, 6.45) is 2.10. The van der Waals surface area contributed by atoms with E-state index in [4.69, 9.17) is 25.8 Å². The van der Waals surface area contributed by atoms with Crippen molar-refractivity contribution >= 4 is 28.9 Å². The Morgan fingerprint density at radius 2 is 1.59 bits per heavy atom. The minimum Gasteiger partial charge on any atom is -0.493 e. The van der Waals surface area contributed by atoms with E-state index in [9.17, 15) is 0 Å². The summed E-state index contributed by atoms with van der Waals surface area (Å²) in [6.45, 7) is 4.22. The number of hydrogen-bond donors (Lipinski definition) is 1. The SMILES string of the molecule is COc1cc(Cc2nc(Nc3ccc(N4CCN(C)CC4)cc3)ncc2Cl)cc(OC)c1OC. The number of likely N-dealkylation sites (N-methyl/N-ethyl adjacent to an activating group) is 1. The van der Waals surface area contributed by atoms with Crippen molar-refractivity contribution in [2.75, 3.05) is 64.8 Å². The molecule has 2 aromatic carbocycles. The Hall–Kier alpha value is -3.23. The van der Waals surface area contributed by atoms with E-state index in [2.05, 4.69) is 44.3 Å². The van der Waals surface area contributed by atoms with Gasteiger partial charge in [-0.1, -0.05) is 11.6 Å². The van der Waals surface area contributed by atoms with Crippen LogP contribution >= 0.6 is 11.6 Å². The minimum atomic E-state index is 0.481. The summed E-state index contributed by atoms with van der Waals surface area (Å²) in [4.78, 5) is 13.8. The fourth-order valence-electron chi connectivity index (χ4n) is 3.97. The van der Waals surface area contributed by atoms with E-state index in [-0.39, 0.29) is 0 Å². The monoisotopic (exact) mass is 483 g/mol. The van der Waals surface area contributed by atoms with Gasteiger partial charge in [0.1, 0.15) is 0 Å². The number of hydrogen-bond acceptors (Lipinski definition) is 8. The van der Waals surface area contributed by atoms with Crippen LogP contribution in [0.1, 0.15) is 11.3 Å². The van der Waals surface area contributed by atoms with Crippen molar-refractivity contribution in [3.05, 3.63) is 58.9 Å². The number of aromatic nitrogens is 2. The van der Waals surface area contributed by atoms with Crippen molar-refractivity contribution in [2.45, 2.75) is 6.42 Å². The summed E-state index contributed by atoms with van der Waals surface area (Å²) in [5, 5.41) is 3.77. The first-order valence-electron chi connectivity index (χ1n) is 11.1. The first kappa shape index (κ1) is 23.9. The van der Waals surface area contributed by atoms with Gasteiger partial charge in [0.2, 0.25) is 11.7 Å². The van der Waals surface area contributed by atoms with Crippen LogP contribution in [-0.4, -0.2) is 69.4 Å². The fraction of sp³-hybridized carbons (Fsp3) is 0.360. The molecule has 180 valence electrons. The van der Waals surface area contributed by atoms with Crippen LogP contribution < -0.4 is 24.4 Å². The van der Waals surface area contributed by atoms with Gasteiger partial charge in [0.15, 0.2) is 11.5 Å². The van der Waals surface area contributed by atoms with Crippen LogP contribution in [0.5, 0.6) is 17.2 Å². The summed E-state index contributed by atoms with van der Waals surface area (Å²) in [5.41, 5.74) is 3.76. The second-order valence-corrected chi connectivity index (χ2v) is 8.57. The molecule has 1 N–H and O–H groups in total. The molecule has 1 aromatic heterocycles. The van der Waals surface area contributed by atoms with Crippen LogP contribution in [0.25, 0.3) is 0 Å². The number of nitrogens with zero attached hydrogens (tertiary/aromatic N) is 4. The van der Waals surface area contributed by atoms with Crippen molar-refractivity contribution in [3.8, 4) is 17.2 Å². The molecule has 9 heteroatoms. The molecule has 2 heterocycles. The highest BCUT2D eigenvalue weighted by Gasteiger charge is 2.16. The van der Waals surface area contributed by atoms with Gasteiger partial charge in [-0.25, -0.2) is 9.97 Å². The molecule has 0 amide bonds. The van der Waals surface area contributed by atoms with Crippen LogP contribution in [0.3, 0.4) is 0 Å². The van der Waals surface area contributed by atoms with E-state index in [0.717, 1.165) is 37.4 Å². The van der Waals surface area contributed by atoms with E-state index in [0.29, 0.717) is 40.3 Å². The molecule has 0 saturated carbocycles. The van der Waals surface area contributed by atoms with E-state index >= 15 is 0 Å². The van der Waals surface area contributed by atoms with E-state index in [1.54, 1.807) is 27.5 Å². The average Bonchev–Trinajstić information content (AvgIpc) is 2.86. The lowest BCUT2D eigenvalue weighted by atomic mass is 10.1. The van der Waals surface area contributed by atoms with Gasteiger partial charge < -0.3 is 29.3 Å². The van der Waals surface area contributed by atoms with Crippen LogP contribution in [0.15, 0.2) is 42.6 Å². The lowest BCUT2D eigenvalue weighted by Gasteiger charge is -2.34. The van der Waals surface area contributed by atoms with Gasteiger partial charge in [-0.15, -0.1) is 0 Å². The molecule has 0 bridgehead atoms. The molecule has 3 aromatic rings.